The summed E-state index contributed by atoms with van der Waals surface area (Å²) in [4.78, 5) is 8.16. The summed E-state index contributed by atoms with van der Waals surface area (Å²) in [5, 5.41) is 7.30. The summed E-state index contributed by atoms with van der Waals surface area (Å²) in [6, 6.07) is 33.7. The zero-order valence-corrected chi connectivity index (χ0v) is 20.7. The predicted molar refractivity (Wildman–Crippen MR) is 148 cm³/mol. The van der Waals surface area contributed by atoms with E-state index in [9.17, 15) is 4.57 Å². The second-order valence-corrected chi connectivity index (χ2v) is 10.8. The van der Waals surface area contributed by atoms with Gasteiger partial charge in [0.15, 0.2) is 0 Å². The standard InChI is InChI=1S/C30H27N4OP/c35-36(30-4-2-1-3-5-30,33-28-10-6-24(7-11-28)22-26-14-18-31-19-15-26)34-29-12-8-25(9-13-29)23-27-16-20-32-21-17-27/h1-21H,22-23H2,(H2,33,34,35). The Kier molecular flexibility index (Phi) is 7.20. The van der Waals surface area contributed by atoms with Crippen molar-refractivity contribution in [1.29, 1.82) is 0 Å². The molecule has 0 aliphatic carbocycles. The molecule has 2 aromatic heterocycles. The topological polar surface area (TPSA) is 66.9 Å². The van der Waals surface area contributed by atoms with Crippen LogP contribution < -0.4 is 15.5 Å². The van der Waals surface area contributed by atoms with Crippen LogP contribution in [0.4, 0.5) is 11.4 Å². The van der Waals surface area contributed by atoms with Crippen LogP contribution in [0.15, 0.2) is 128 Å². The van der Waals surface area contributed by atoms with Crippen LogP contribution in [-0.2, 0) is 17.4 Å². The fourth-order valence-corrected chi connectivity index (χ4v) is 5.96. The van der Waals surface area contributed by atoms with Gasteiger partial charge in [-0.3, -0.25) is 14.5 Å². The molecule has 5 aromatic rings. The number of benzene rings is 3. The monoisotopic (exact) mass is 490 g/mol. The Morgan fingerprint density at radius 3 is 1.31 bits per heavy atom. The van der Waals surface area contributed by atoms with Crippen molar-refractivity contribution >= 4 is 24.1 Å². The number of aromatic nitrogens is 2. The molecule has 0 atom stereocenters. The summed E-state index contributed by atoms with van der Waals surface area (Å²) < 4.78 is 14.3. The lowest BCUT2D eigenvalue weighted by molar-refractivity contribution is 0.587. The summed E-state index contributed by atoms with van der Waals surface area (Å²) in [7, 11) is -3.20. The number of nitrogens with one attached hydrogen (secondary N) is 2. The fraction of sp³-hybridized carbons (Fsp3) is 0.0667. The molecule has 0 saturated carbocycles. The fourth-order valence-electron chi connectivity index (χ4n) is 4.03. The van der Waals surface area contributed by atoms with Crippen LogP contribution in [0.1, 0.15) is 22.3 Å². The lowest BCUT2D eigenvalue weighted by atomic mass is 10.1. The van der Waals surface area contributed by atoms with E-state index >= 15 is 0 Å². The van der Waals surface area contributed by atoms with Crippen molar-refractivity contribution in [3.05, 3.63) is 150 Å². The van der Waals surface area contributed by atoms with E-state index in [0.717, 1.165) is 24.2 Å². The molecule has 2 N–H and O–H groups in total. The number of pyridine rings is 2. The Balaban J connectivity index is 1.33. The Hall–Kier alpha value is -4.21. The zero-order valence-electron chi connectivity index (χ0n) is 19.8. The van der Waals surface area contributed by atoms with Gasteiger partial charge in [0.1, 0.15) is 0 Å². The smallest absolute Gasteiger partial charge is 0.287 e. The molecule has 3 aromatic carbocycles. The Morgan fingerprint density at radius 1 is 0.500 bits per heavy atom. The van der Waals surface area contributed by atoms with Crippen LogP contribution in [0.5, 0.6) is 0 Å². The summed E-state index contributed by atoms with van der Waals surface area (Å²) in [5.74, 6) is 0. The van der Waals surface area contributed by atoms with Crippen LogP contribution in [0.25, 0.3) is 0 Å². The second-order valence-electron chi connectivity index (χ2n) is 8.63. The van der Waals surface area contributed by atoms with Gasteiger partial charge in [0.2, 0.25) is 0 Å². The third-order valence-corrected chi connectivity index (χ3v) is 8.09. The molecule has 0 fully saturated rings. The van der Waals surface area contributed by atoms with Crippen molar-refractivity contribution in [2.24, 2.45) is 0 Å². The lowest BCUT2D eigenvalue weighted by Gasteiger charge is -2.23. The molecule has 2 heterocycles. The molecule has 0 radical (unpaired) electrons. The molecule has 0 saturated heterocycles. The van der Waals surface area contributed by atoms with Gasteiger partial charge >= 0.3 is 0 Å². The zero-order chi connectivity index (χ0) is 24.6. The maximum Gasteiger partial charge on any atom is 0.287 e. The summed E-state index contributed by atoms with van der Waals surface area (Å²) in [5.41, 5.74) is 6.35. The Labute approximate surface area is 211 Å². The minimum Gasteiger partial charge on any atom is -0.317 e. The van der Waals surface area contributed by atoms with Crippen molar-refractivity contribution in [2.75, 3.05) is 10.2 Å². The van der Waals surface area contributed by atoms with Crippen molar-refractivity contribution in [2.45, 2.75) is 12.8 Å². The highest BCUT2D eigenvalue weighted by molar-refractivity contribution is 7.74. The highest BCUT2D eigenvalue weighted by atomic mass is 31.2. The van der Waals surface area contributed by atoms with Gasteiger partial charge in [-0.1, -0.05) is 42.5 Å². The first-order chi connectivity index (χ1) is 17.7. The number of anilines is 2. The first-order valence-corrected chi connectivity index (χ1v) is 13.5. The van der Waals surface area contributed by atoms with E-state index in [-0.39, 0.29) is 0 Å². The van der Waals surface area contributed by atoms with Gasteiger partial charge in [-0.05, 0) is 95.8 Å². The van der Waals surface area contributed by atoms with Crippen LogP contribution in [0, 0.1) is 0 Å². The molecule has 0 aliphatic rings. The van der Waals surface area contributed by atoms with Gasteiger partial charge in [-0.2, -0.15) is 0 Å². The highest BCUT2D eigenvalue weighted by Gasteiger charge is 2.25. The summed E-state index contributed by atoms with van der Waals surface area (Å²) >= 11 is 0. The van der Waals surface area contributed by atoms with E-state index in [1.54, 1.807) is 24.8 Å². The molecule has 0 bridgehead atoms. The van der Waals surface area contributed by atoms with Crippen molar-refractivity contribution < 1.29 is 4.57 Å². The van der Waals surface area contributed by atoms with Gasteiger partial charge in [-0.25, -0.2) is 0 Å². The van der Waals surface area contributed by atoms with Crippen LogP contribution in [0.3, 0.4) is 0 Å². The van der Waals surface area contributed by atoms with Crippen molar-refractivity contribution in [1.82, 2.24) is 9.97 Å². The molecule has 6 heteroatoms. The third-order valence-electron chi connectivity index (χ3n) is 5.92. The summed E-state index contributed by atoms with van der Waals surface area (Å²) in [6.45, 7) is 0. The van der Waals surface area contributed by atoms with E-state index in [0.29, 0.717) is 5.30 Å². The predicted octanol–water partition coefficient (Wildman–Crippen LogP) is 6.70. The van der Waals surface area contributed by atoms with Gasteiger partial charge in [0.25, 0.3) is 7.44 Å². The quantitative estimate of drug-likeness (QED) is 0.225. The normalized spacial score (nSPS) is 11.1. The average Bonchev–Trinajstić information content (AvgIpc) is 2.93. The molecule has 178 valence electrons. The van der Waals surface area contributed by atoms with E-state index in [4.69, 9.17) is 0 Å². The van der Waals surface area contributed by atoms with E-state index < -0.39 is 7.44 Å². The molecule has 36 heavy (non-hydrogen) atoms. The number of nitrogens with zero attached hydrogens (tertiary/aromatic N) is 2. The first kappa shape index (κ1) is 23.5. The molecule has 0 unspecified atom stereocenters. The van der Waals surface area contributed by atoms with Crippen molar-refractivity contribution in [3.8, 4) is 0 Å². The SMILES string of the molecule is O=P(Nc1ccc(Cc2ccncc2)cc1)(Nc1ccc(Cc2ccncc2)cc1)c1ccccc1. The Morgan fingerprint density at radius 2 is 0.889 bits per heavy atom. The van der Waals surface area contributed by atoms with Gasteiger partial charge in [-0.15, -0.1) is 0 Å². The summed E-state index contributed by atoms with van der Waals surface area (Å²) in [6.07, 6.45) is 8.86. The highest BCUT2D eigenvalue weighted by Crippen LogP contribution is 2.44. The maximum atomic E-state index is 14.3. The molecule has 0 spiro atoms. The minimum absolute atomic E-state index is 0.715. The molecular weight excluding hydrogens is 463 g/mol. The van der Waals surface area contributed by atoms with Crippen LogP contribution >= 0.6 is 7.44 Å². The van der Waals surface area contributed by atoms with E-state index in [2.05, 4.69) is 44.4 Å². The first-order valence-electron chi connectivity index (χ1n) is 11.8. The van der Waals surface area contributed by atoms with E-state index in [1.807, 2.05) is 78.9 Å². The molecular formula is C30H27N4OP. The number of rotatable bonds is 9. The van der Waals surface area contributed by atoms with E-state index in [1.165, 1.54) is 22.3 Å². The molecule has 5 rings (SSSR count). The third kappa shape index (κ3) is 6.07. The molecule has 5 nitrogen and oxygen atoms in total. The molecule has 0 aliphatic heterocycles. The van der Waals surface area contributed by atoms with Gasteiger partial charge in [0.05, 0.1) is 5.30 Å². The average molecular weight is 491 g/mol. The minimum atomic E-state index is -3.20. The Bertz CT molecular complexity index is 1340. The van der Waals surface area contributed by atoms with Crippen molar-refractivity contribution in [3.63, 3.8) is 0 Å². The number of hydrogen-bond donors (Lipinski definition) is 2. The lowest BCUT2D eigenvalue weighted by Crippen LogP contribution is -2.18. The molecule has 0 amide bonds. The largest absolute Gasteiger partial charge is 0.317 e. The maximum absolute atomic E-state index is 14.3. The second kappa shape index (κ2) is 11.0. The van der Waals surface area contributed by atoms with Crippen LogP contribution in [-0.4, -0.2) is 9.97 Å². The van der Waals surface area contributed by atoms with Crippen LogP contribution in [0.2, 0.25) is 0 Å². The van der Waals surface area contributed by atoms with Gasteiger partial charge < -0.3 is 10.2 Å². The van der Waals surface area contributed by atoms with Gasteiger partial charge in [0, 0.05) is 36.2 Å². The number of hydrogen-bond acceptors (Lipinski definition) is 3.